The maximum absolute atomic E-state index is 13.0. The first-order chi connectivity index (χ1) is 15.8. The van der Waals surface area contributed by atoms with Crippen molar-refractivity contribution in [2.75, 3.05) is 48.1 Å². The molecule has 5 aliphatic carbocycles. The molecular weight excluding hydrogens is 426 g/mol. The summed E-state index contributed by atoms with van der Waals surface area (Å²) in [6, 6.07) is -0.312. The maximum Gasteiger partial charge on any atom is 0.136 e. The van der Waals surface area contributed by atoms with Gasteiger partial charge in [-0.2, -0.15) is 0 Å². The summed E-state index contributed by atoms with van der Waals surface area (Å²) >= 11 is 0. The molecule has 3 N–H and O–H groups in total. The second kappa shape index (κ2) is 7.13. The number of aliphatic hydroxyl groups is 3. The highest BCUT2D eigenvalue weighted by Crippen LogP contribution is 2.80. The van der Waals surface area contributed by atoms with Gasteiger partial charge in [0.2, 0.25) is 0 Å². The summed E-state index contributed by atoms with van der Waals surface area (Å²) in [5.41, 5.74) is -3.78. The van der Waals surface area contributed by atoms with E-state index in [9.17, 15) is 15.3 Å². The van der Waals surface area contributed by atoms with Crippen LogP contribution in [0.5, 0.6) is 0 Å². The average molecular weight is 468 g/mol. The minimum atomic E-state index is -1.52. The summed E-state index contributed by atoms with van der Waals surface area (Å²) < 4.78 is 24.5. The minimum absolute atomic E-state index is 0.0443. The zero-order valence-corrected chi connectivity index (χ0v) is 20.6. The fourth-order valence-electron chi connectivity index (χ4n) is 11.0. The van der Waals surface area contributed by atoms with Crippen molar-refractivity contribution in [3.05, 3.63) is 0 Å². The van der Waals surface area contributed by atoms with Gasteiger partial charge in [-0.05, 0) is 31.7 Å². The van der Waals surface area contributed by atoms with Crippen LogP contribution in [0.1, 0.15) is 32.6 Å². The van der Waals surface area contributed by atoms with Gasteiger partial charge in [0.05, 0.1) is 37.1 Å². The van der Waals surface area contributed by atoms with Gasteiger partial charge in [0, 0.05) is 70.0 Å². The number of hydrogen-bond acceptors (Lipinski definition) is 8. The third-order valence-electron chi connectivity index (χ3n) is 11.6. The van der Waals surface area contributed by atoms with Crippen LogP contribution in [0.3, 0.4) is 0 Å². The molecule has 1 unspecified atom stereocenters. The number of hydrogen-bond donors (Lipinski definition) is 3. The fourth-order valence-corrected chi connectivity index (χ4v) is 11.0. The molecule has 0 amide bonds. The molecule has 1 heterocycles. The van der Waals surface area contributed by atoms with Crippen LogP contribution in [0.4, 0.5) is 0 Å². The normalized spacial score (nSPS) is 60.9. The smallest absolute Gasteiger partial charge is 0.136 e. The van der Waals surface area contributed by atoms with E-state index in [2.05, 4.69) is 11.8 Å². The quantitative estimate of drug-likeness (QED) is 0.512. The third kappa shape index (κ3) is 2.16. The van der Waals surface area contributed by atoms with Gasteiger partial charge in [0.25, 0.3) is 0 Å². The van der Waals surface area contributed by atoms with Gasteiger partial charge in [-0.3, -0.25) is 4.90 Å². The Kier molecular flexibility index (Phi) is 4.99. The van der Waals surface area contributed by atoms with Crippen molar-refractivity contribution in [1.29, 1.82) is 0 Å². The van der Waals surface area contributed by atoms with E-state index in [1.54, 1.807) is 28.4 Å². The Morgan fingerprint density at radius 3 is 2.36 bits per heavy atom. The van der Waals surface area contributed by atoms with Gasteiger partial charge in [0.1, 0.15) is 11.2 Å². The van der Waals surface area contributed by atoms with E-state index in [4.69, 9.17) is 18.9 Å². The summed E-state index contributed by atoms with van der Waals surface area (Å²) in [6.07, 6.45) is 1.81. The standard InChI is InChI=1S/C25H41NO7/c1-6-26-11-22(12-27)8-7-16(31-3)24-14-9-13-15(30-2)10-23(28,17(14)18(13)32-4)25(29,21(24)26)20(33-5)19(22)24/h13-21,27-29H,6-12H2,1-5H3/t13-,14-,15+,16+,17-,18+,19-,20+,21?,22+,23-,24+,25-/m1/s1. The Bertz CT molecular complexity index is 814. The molecule has 13 atom stereocenters. The molecule has 0 aromatic carbocycles. The molecule has 6 fully saturated rings. The van der Waals surface area contributed by atoms with E-state index in [0.29, 0.717) is 13.0 Å². The van der Waals surface area contributed by atoms with Crippen molar-refractivity contribution in [1.82, 2.24) is 4.90 Å². The fraction of sp³-hybridized carbons (Fsp3) is 1.00. The van der Waals surface area contributed by atoms with E-state index in [1.165, 1.54) is 0 Å². The minimum Gasteiger partial charge on any atom is -0.396 e. The van der Waals surface area contributed by atoms with E-state index in [-0.39, 0.29) is 54.6 Å². The van der Waals surface area contributed by atoms with Gasteiger partial charge in [-0.15, -0.1) is 0 Å². The SMILES string of the molecule is CCN1C[C@]2(CO)CC[C@H](OC)[C@]34C1[C@](O)([C@@H](OC)[C@H]23)[C@@]1(O)C[C@H](OC)[C@H]2C[C@@H]4[C@@H]1[C@H]2OC. The molecular formula is C25H41NO7. The molecule has 1 aliphatic heterocycles. The Morgan fingerprint density at radius 2 is 1.79 bits per heavy atom. The van der Waals surface area contributed by atoms with Crippen molar-refractivity contribution in [3.63, 3.8) is 0 Å². The highest BCUT2D eigenvalue weighted by Gasteiger charge is 2.91. The summed E-state index contributed by atoms with van der Waals surface area (Å²) in [7, 11) is 6.85. The molecule has 7 bridgehead atoms. The molecule has 6 rings (SSSR count). The first kappa shape index (κ1) is 23.1. The van der Waals surface area contributed by atoms with Crippen molar-refractivity contribution in [2.24, 2.45) is 34.5 Å². The van der Waals surface area contributed by atoms with Crippen LogP contribution >= 0.6 is 0 Å². The van der Waals surface area contributed by atoms with Crippen molar-refractivity contribution >= 4 is 0 Å². The number of rotatable bonds is 6. The van der Waals surface area contributed by atoms with Crippen LogP contribution in [-0.4, -0.2) is 110 Å². The van der Waals surface area contributed by atoms with Gasteiger partial charge >= 0.3 is 0 Å². The maximum atomic E-state index is 13.0. The predicted molar refractivity (Wildman–Crippen MR) is 119 cm³/mol. The molecule has 6 aliphatic rings. The molecule has 0 aromatic rings. The number of methoxy groups -OCH3 is 4. The lowest BCUT2D eigenvalue weighted by Crippen LogP contribution is -2.82. The van der Waals surface area contributed by atoms with Crippen molar-refractivity contribution in [3.8, 4) is 0 Å². The number of fused-ring (bicyclic) bond motifs is 2. The van der Waals surface area contributed by atoms with E-state index < -0.39 is 28.1 Å². The number of nitrogens with zero attached hydrogens (tertiary/aromatic N) is 1. The molecule has 8 nitrogen and oxygen atoms in total. The predicted octanol–water partition coefficient (Wildman–Crippen LogP) is 0.271. The number of likely N-dealkylation sites (N-methyl/N-ethyl adjacent to an activating group) is 1. The van der Waals surface area contributed by atoms with Crippen LogP contribution < -0.4 is 0 Å². The number of aliphatic hydroxyl groups excluding tert-OH is 1. The summed E-state index contributed by atoms with van der Waals surface area (Å²) in [4.78, 5) is 2.33. The number of ether oxygens (including phenoxy) is 4. The lowest BCUT2D eigenvalue weighted by Gasteiger charge is -2.70. The largest absolute Gasteiger partial charge is 0.396 e. The van der Waals surface area contributed by atoms with Crippen molar-refractivity contribution in [2.45, 2.75) is 74.3 Å². The molecule has 5 saturated carbocycles. The molecule has 8 heteroatoms. The molecule has 1 spiro atoms. The third-order valence-corrected chi connectivity index (χ3v) is 11.6. The van der Waals surface area contributed by atoms with Gasteiger partial charge in [0.15, 0.2) is 0 Å². The summed E-state index contributed by atoms with van der Waals surface area (Å²) in [5.74, 6) is -0.0916. The molecule has 33 heavy (non-hydrogen) atoms. The van der Waals surface area contributed by atoms with Gasteiger partial charge < -0.3 is 34.3 Å². The monoisotopic (exact) mass is 467 g/mol. The lowest BCUT2D eigenvalue weighted by atomic mass is 9.42. The Morgan fingerprint density at radius 1 is 1.03 bits per heavy atom. The van der Waals surface area contributed by atoms with E-state index >= 15 is 0 Å². The average Bonchev–Trinajstić information content (AvgIpc) is 3.24. The van der Waals surface area contributed by atoms with Gasteiger partial charge in [-0.25, -0.2) is 0 Å². The Hall–Kier alpha value is -0.320. The van der Waals surface area contributed by atoms with Crippen LogP contribution in [0.2, 0.25) is 0 Å². The van der Waals surface area contributed by atoms with Crippen LogP contribution in [0, 0.1) is 34.5 Å². The molecule has 0 radical (unpaired) electrons. The van der Waals surface area contributed by atoms with Gasteiger partial charge in [-0.1, -0.05) is 6.92 Å². The zero-order valence-electron chi connectivity index (χ0n) is 20.6. The zero-order chi connectivity index (χ0) is 23.6. The topological polar surface area (TPSA) is 101 Å². The first-order valence-corrected chi connectivity index (χ1v) is 12.7. The Labute approximate surface area is 196 Å². The van der Waals surface area contributed by atoms with Crippen LogP contribution in [-0.2, 0) is 18.9 Å². The summed E-state index contributed by atoms with van der Waals surface area (Å²) in [6.45, 7) is 3.59. The number of likely N-dealkylation sites (tertiary alicyclic amines) is 1. The number of piperidine rings is 1. The summed E-state index contributed by atoms with van der Waals surface area (Å²) in [5, 5.41) is 36.6. The lowest BCUT2D eigenvalue weighted by molar-refractivity contribution is -0.320. The first-order valence-electron chi connectivity index (χ1n) is 12.7. The van der Waals surface area contributed by atoms with Crippen molar-refractivity contribution < 1.29 is 34.3 Å². The molecule has 188 valence electrons. The second-order valence-electron chi connectivity index (χ2n) is 11.8. The van der Waals surface area contributed by atoms with Crippen LogP contribution in [0.15, 0.2) is 0 Å². The Balaban J connectivity index is 1.68. The highest BCUT2D eigenvalue weighted by molar-refractivity contribution is 5.41. The van der Waals surface area contributed by atoms with Crippen LogP contribution in [0.25, 0.3) is 0 Å². The highest BCUT2D eigenvalue weighted by atomic mass is 16.5. The molecule has 0 aromatic heterocycles. The van der Waals surface area contributed by atoms with E-state index in [1.807, 2.05) is 0 Å². The second-order valence-corrected chi connectivity index (χ2v) is 11.8. The van der Waals surface area contributed by atoms with E-state index in [0.717, 1.165) is 25.8 Å². The molecule has 1 saturated heterocycles.